The van der Waals surface area contributed by atoms with Crippen LogP contribution in [0.25, 0.3) is 0 Å². The van der Waals surface area contributed by atoms with Gasteiger partial charge in [0.1, 0.15) is 0 Å². The van der Waals surface area contributed by atoms with E-state index in [9.17, 15) is 4.79 Å². The Morgan fingerprint density at radius 2 is 1.86 bits per heavy atom. The van der Waals surface area contributed by atoms with Crippen LogP contribution in [-0.2, 0) is 4.79 Å². The zero-order valence-corrected chi connectivity index (χ0v) is 13.9. The Morgan fingerprint density at radius 1 is 1.19 bits per heavy atom. The van der Waals surface area contributed by atoms with Gasteiger partial charge in [-0.15, -0.1) is 0 Å². The molecule has 0 spiro atoms. The van der Waals surface area contributed by atoms with Gasteiger partial charge < -0.3 is 10.6 Å². The number of carbonyl (C=O) groups excluding carboxylic acids is 1. The molecular weight excluding hydrogens is 352 g/mol. The predicted molar refractivity (Wildman–Crippen MR) is 90.6 cm³/mol. The summed E-state index contributed by atoms with van der Waals surface area (Å²) in [6.45, 7) is 2.20. The number of amides is 1. The number of anilines is 1. The van der Waals surface area contributed by atoms with Crippen LogP contribution in [0.5, 0.6) is 0 Å². The summed E-state index contributed by atoms with van der Waals surface area (Å²) in [5.74, 6) is -0.0868. The monoisotopic (exact) mass is 366 g/mol. The molecule has 5 heteroatoms. The second-order valence-corrected chi connectivity index (χ2v) is 6.00. The molecule has 2 rings (SSSR count). The Balaban J connectivity index is 1.86. The molecule has 0 saturated heterocycles. The van der Waals surface area contributed by atoms with E-state index in [1.807, 2.05) is 55.5 Å². The average molecular weight is 368 g/mol. The molecule has 2 aromatic rings. The number of carbonyl (C=O) groups is 1. The van der Waals surface area contributed by atoms with Crippen molar-refractivity contribution in [2.75, 3.05) is 11.9 Å². The maximum Gasteiger partial charge on any atom is 0.238 e. The molecule has 0 radical (unpaired) electrons. The number of nitrogens with one attached hydrogen (secondary N) is 2. The number of rotatable bonds is 5. The molecule has 0 bridgehead atoms. The summed E-state index contributed by atoms with van der Waals surface area (Å²) in [6.07, 6.45) is 0. The molecule has 0 fully saturated rings. The summed E-state index contributed by atoms with van der Waals surface area (Å²) in [5, 5.41) is 6.70. The van der Waals surface area contributed by atoms with Crippen molar-refractivity contribution in [2.24, 2.45) is 0 Å². The van der Waals surface area contributed by atoms with Gasteiger partial charge >= 0.3 is 0 Å². The standard InChI is InChI=1S/C16H16BrClN2O/c1-11(14-4-2-3-5-15(14)18)19-10-16(21)20-13-8-6-12(17)7-9-13/h2-9,11,19H,10H2,1H3,(H,20,21)/t11-/m0/s1. The average Bonchev–Trinajstić information content (AvgIpc) is 2.48. The van der Waals surface area contributed by atoms with Gasteiger partial charge in [-0.2, -0.15) is 0 Å². The van der Waals surface area contributed by atoms with Crippen LogP contribution in [0.4, 0.5) is 5.69 Å². The first-order valence-electron chi connectivity index (χ1n) is 6.59. The largest absolute Gasteiger partial charge is 0.325 e. The summed E-state index contributed by atoms with van der Waals surface area (Å²) in [7, 11) is 0. The van der Waals surface area contributed by atoms with Gasteiger partial charge in [-0.05, 0) is 42.8 Å². The van der Waals surface area contributed by atoms with E-state index >= 15 is 0 Å². The fourth-order valence-electron chi connectivity index (χ4n) is 1.92. The van der Waals surface area contributed by atoms with Crippen LogP contribution in [-0.4, -0.2) is 12.5 Å². The van der Waals surface area contributed by atoms with Gasteiger partial charge in [0.15, 0.2) is 0 Å². The van der Waals surface area contributed by atoms with Crippen LogP contribution in [0.1, 0.15) is 18.5 Å². The lowest BCUT2D eigenvalue weighted by Gasteiger charge is -2.15. The van der Waals surface area contributed by atoms with Gasteiger partial charge in [0.2, 0.25) is 5.91 Å². The van der Waals surface area contributed by atoms with Crippen molar-refractivity contribution in [2.45, 2.75) is 13.0 Å². The molecule has 0 aliphatic carbocycles. The molecule has 1 amide bonds. The van der Waals surface area contributed by atoms with E-state index in [2.05, 4.69) is 26.6 Å². The van der Waals surface area contributed by atoms with Crippen molar-refractivity contribution in [1.82, 2.24) is 5.32 Å². The molecule has 0 aromatic heterocycles. The molecule has 1 atom stereocenters. The van der Waals surface area contributed by atoms with Crippen LogP contribution in [0, 0.1) is 0 Å². The van der Waals surface area contributed by atoms with Crippen LogP contribution in [0.3, 0.4) is 0 Å². The van der Waals surface area contributed by atoms with Gasteiger partial charge in [-0.3, -0.25) is 4.79 Å². The van der Waals surface area contributed by atoms with E-state index in [0.717, 1.165) is 15.7 Å². The fraction of sp³-hybridized carbons (Fsp3) is 0.188. The summed E-state index contributed by atoms with van der Waals surface area (Å²) in [5.41, 5.74) is 1.76. The second-order valence-electron chi connectivity index (χ2n) is 4.68. The Bertz CT molecular complexity index is 616. The zero-order valence-electron chi connectivity index (χ0n) is 11.6. The first-order chi connectivity index (χ1) is 10.1. The third-order valence-corrected chi connectivity index (χ3v) is 3.94. The maximum atomic E-state index is 11.9. The van der Waals surface area contributed by atoms with Crippen LogP contribution >= 0.6 is 27.5 Å². The van der Waals surface area contributed by atoms with E-state index in [-0.39, 0.29) is 18.5 Å². The molecular formula is C16H16BrClN2O. The van der Waals surface area contributed by atoms with Crippen LogP contribution in [0.15, 0.2) is 53.0 Å². The van der Waals surface area contributed by atoms with Gasteiger partial charge in [-0.25, -0.2) is 0 Å². The molecule has 110 valence electrons. The Hall–Kier alpha value is -1.36. The normalized spacial score (nSPS) is 12.0. The molecule has 3 nitrogen and oxygen atoms in total. The number of halogens is 2. The summed E-state index contributed by atoms with van der Waals surface area (Å²) >= 11 is 9.49. The van der Waals surface area contributed by atoms with Crippen molar-refractivity contribution < 1.29 is 4.79 Å². The third kappa shape index (κ3) is 4.84. The number of hydrogen-bond acceptors (Lipinski definition) is 2. The summed E-state index contributed by atoms with van der Waals surface area (Å²) in [6, 6.07) is 15.1. The maximum absolute atomic E-state index is 11.9. The lowest BCUT2D eigenvalue weighted by atomic mass is 10.1. The highest BCUT2D eigenvalue weighted by Crippen LogP contribution is 2.21. The SMILES string of the molecule is C[C@H](NCC(=O)Nc1ccc(Br)cc1)c1ccccc1Cl. The molecule has 0 unspecified atom stereocenters. The first kappa shape index (κ1) is 16.0. The minimum absolute atomic E-state index is 0.00867. The highest BCUT2D eigenvalue weighted by Gasteiger charge is 2.10. The fourth-order valence-corrected chi connectivity index (χ4v) is 2.48. The molecule has 21 heavy (non-hydrogen) atoms. The van der Waals surface area contributed by atoms with Gasteiger partial charge in [-0.1, -0.05) is 45.7 Å². The molecule has 2 aromatic carbocycles. The van der Waals surface area contributed by atoms with E-state index in [0.29, 0.717) is 5.02 Å². The third-order valence-electron chi connectivity index (χ3n) is 3.07. The second kappa shape index (κ2) is 7.59. The van der Waals surface area contributed by atoms with E-state index in [1.165, 1.54) is 0 Å². The van der Waals surface area contributed by atoms with E-state index in [1.54, 1.807) is 0 Å². The van der Waals surface area contributed by atoms with Crippen molar-refractivity contribution in [3.63, 3.8) is 0 Å². The highest BCUT2D eigenvalue weighted by molar-refractivity contribution is 9.10. The Kier molecular flexibility index (Phi) is 5.79. The van der Waals surface area contributed by atoms with Gasteiger partial charge in [0.05, 0.1) is 6.54 Å². The van der Waals surface area contributed by atoms with E-state index in [4.69, 9.17) is 11.6 Å². The van der Waals surface area contributed by atoms with Crippen molar-refractivity contribution in [3.05, 3.63) is 63.6 Å². The van der Waals surface area contributed by atoms with Gasteiger partial charge in [0.25, 0.3) is 0 Å². The predicted octanol–water partition coefficient (Wildman–Crippen LogP) is 4.39. The van der Waals surface area contributed by atoms with Crippen molar-refractivity contribution in [3.8, 4) is 0 Å². The minimum Gasteiger partial charge on any atom is -0.325 e. The molecule has 0 heterocycles. The molecule has 2 N–H and O–H groups in total. The Morgan fingerprint density at radius 3 is 2.52 bits per heavy atom. The van der Waals surface area contributed by atoms with Gasteiger partial charge in [0, 0.05) is 21.2 Å². The Labute approximate surface area is 137 Å². The zero-order chi connectivity index (χ0) is 15.2. The highest BCUT2D eigenvalue weighted by atomic mass is 79.9. The summed E-state index contributed by atoms with van der Waals surface area (Å²) in [4.78, 5) is 11.9. The van der Waals surface area contributed by atoms with E-state index < -0.39 is 0 Å². The molecule has 0 aliphatic rings. The number of hydrogen-bond donors (Lipinski definition) is 2. The molecule has 0 aliphatic heterocycles. The smallest absolute Gasteiger partial charge is 0.238 e. The summed E-state index contributed by atoms with van der Waals surface area (Å²) < 4.78 is 0.978. The van der Waals surface area contributed by atoms with Crippen LogP contribution < -0.4 is 10.6 Å². The molecule has 0 saturated carbocycles. The topological polar surface area (TPSA) is 41.1 Å². The lowest BCUT2D eigenvalue weighted by molar-refractivity contribution is -0.115. The first-order valence-corrected chi connectivity index (χ1v) is 7.76. The minimum atomic E-state index is -0.0868. The lowest BCUT2D eigenvalue weighted by Crippen LogP contribution is -2.30. The van der Waals surface area contributed by atoms with Crippen LogP contribution in [0.2, 0.25) is 5.02 Å². The quantitative estimate of drug-likeness (QED) is 0.823. The van der Waals surface area contributed by atoms with Crippen molar-refractivity contribution in [1.29, 1.82) is 0 Å². The van der Waals surface area contributed by atoms with Crippen molar-refractivity contribution >= 4 is 39.1 Å². The number of benzene rings is 2.